The molecule has 4 aromatic rings. The van der Waals surface area contributed by atoms with Crippen LogP contribution in [-0.4, -0.2) is 35.7 Å². The van der Waals surface area contributed by atoms with Crippen molar-refractivity contribution >= 4 is 34.1 Å². The number of likely N-dealkylation sites (N-methyl/N-ethyl adjacent to an activating group) is 1. The zero-order valence-electron chi connectivity index (χ0n) is 19.0. The van der Waals surface area contributed by atoms with Gasteiger partial charge in [0.15, 0.2) is 0 Å². The van der Waals surface area contributed by atoms with Crippen molar-refractivity contribution in [2.24, 2.45) is 4.99 Å². The largest absolute Gasteiger partial charge is 0.350 e. The Morgan fingerprint density at radius 1 is 1.03 bits per heavy atom. The van der Waals surface area contributed by atoms with E-state index in [9.17, 15) is 14.0 Å². The number of nitrogens with one attached hydrogen (secondary N) is 2. The first-order valence-electron chi connectivity index (χ1n) is 10.9. The number of carbonyl (C=O) groups is 2. The quantitative estimate of drug-likeness (QED) is 0.478. The van der Waals surface area contributed by atoms with Gasteiger partial charge in [-0.05, 0) is 49.7 Å². The monoisotopic (exact) mass is 454 g/mol. The number of aryl methyl sites for hydroxylation is 2. The second-order valence-corrected chi connectivity index (χ2v) is 8.48. The van der Waals surface area contributed by atoms with Crippen LogP contribution in [0.2, 0.25) is 0 Å². The summed E-state index contributed by atoms with van der Waals surface area (Å²) in [5, 5.41) is 3.65. The minimum Gasteiger partial charge on any atom is -0.350 e. The molecule has 1 aliphatic rings. The molecule has 3 aromatic carbocycles. The Bertz CT molecular complexity index is 1490. The van der Waals surface area contributed by atoms with E-state index in [1.807, 2.05) is 26.0 Å². The Balaban J connectivity index is 1.58. The molecule has 0 aliphatic carbocycles. The normalized spacial score (nSPS) is 15.6. The summed E-state index contributed by atoms with van der Waals surface area (Å²) in [5.41, 5.74) is 5.06. The summed E-state index contributed by atoms with van der Waals surface area (Å²) in [4.78, 5) is 35.6. The van der Waals surface area contributed by atoms with Crippen molar-refractivity contribution in [3.05, 3.63) is 100 Å². The van der Waals surface area contributed by atoms with Crippen molar-refractivity contribution < 1.29 is 14.0 Å². The van der Waals surface area contributed by atoms with Gasteiger partial charge in [-0.1, -0.05) is 42.0 Å². The molecule has 34 heavy (non-hydrogen) atoms. The number of rotatable bonds is 3. The van der Waals surface area contributed by atoms with E-state index in [0.717, 1.165) is 22.0 Å². The van der Waals surface area contributed by atoms with Crippen LogP contribution < -0.4 is 10.2 Å². The van der Waals surface area contributed by atoms with E-state index >= 15 is 0 Å². The average Bonchev–Trinajstić information content (AvgIpc) is 3.22. The van der Waals surface area contributed by atoms with Gasteiger partial charge >= 0.3 is 0 Å². The fourth-order valence-electron chi connectivity index (χ4n) is 4.42. The Morgan fingerprint density at radius 3 is 2.50 bits per heavy atom. The van der Waals surface area contributed by atoms with Crippen molar-refractivity contribution in [3.8, 4) is 0 Å². The number of nitrogens with zero attached hydrogens (tertiary/aromatic N) is 2. The number of hydrogen-bond donors (Lipinski definition) is 2. The first-order chi connectivity index (χ1) is 16.3. The van der Waals surface area contributed by atoms with Crippen molar-refractivity contribution in [2.75, 3.05) is 11.9 Å². The van der Waals surface area contributed by atoms with Gasteiger partial charge in [-0.2, -0.15) is 0 Å². The van der Waals surface area contributed by atoms with E-state index in [2.05, 4.69) is 15.3 Å². The van der Waals surface area contributed by atoms with Gasteiger partial charge in [-0.3, -0.25) is 9.59 Å². The number of benzodiazepines with no additional fused rings is 1. The summed E-state index contributed by atoms with van der Waals surface area (Å²) < 4.78 is 14.8. The molecule has 7 heteroatoms. The maximum atomic E-state index is 14.8. The lowest BCUT2D eigenvalue weighted by Crippen LogP contribution is -2.46. The van der Waals surface area contributed by atoms with Crippen LogP contribution >= 0.6 is 0 Å². The number of aromatic amines is 1. The standard InChI is InChI=1S/C27H23FN4O2/c1-15-12-16(2)23-17(13-15)14-21(29-23)26(33)31-25-27(34)32(3)22-11-7-5-9-19(22)24(30-25)18-8-4-6-10-20(18)28/h4-14,25,29H,1-3H3,(H,31,33). The maximum absolute atomic E-state index is 14.8. The number of anilines is 1. The molecule has 1 unspecified atom stereocenters. The zero-order chi connectivity index (χ0) is 24.0. The van der Waals surface area contributed by atoms with Crippen molar-refractivity contribution in [1.82, 2.24) is 10.3 Å². The molecule has 2 N–H and O–H groups in total. The second-order valence-electron chi connectivity index (χ2n) is 8.48. The molecule has 2 heterocycles. The van der Waals surface area contributed by atoms with Crippen molar-refractivity contribution in [2.45, 2.75) is 20.0 Å². The lowest BCUT2D eigenvalue weighted by molar-refractivity contribution is -0.119. The Labute approximate surface area is 196 Å². The van der Waals surface area contributed by atoms with Crippen molar-refractivity contribution in [1.29, 1.82) is 0 Å². The lowest BCUT2D eigenvalue weighted by atomic mass is 10.00. The highest BCUT2D eigenvalue weighted by atomic mass is 19.1. The summed E-state index contributed by atoms with van der Waals surface area (Å²) in [5.74, 6) is -1.35. The molecule has 2 amide bonds. The molecule has 0 spiro atoms. The summed E-state index contributed by atoms with van der Waals surface area (Å²) in [6, 6.07) is 19.2. The van der Waals surface area contributed by atoms with Gasteiger partial charge in [-0.15, -0.1) is 0 Å². The SMILES string of the molecule is Cc1cc(C)c2[nH]c(C(=O)NC3N=C(c4ccccc4F)c4ccccc4N(C)C3=O)cc2c1. The first kappa shape index (κ1) is 21.6. The maximum Gasteiger partial charge on any atom is 0.272 e. The Morgan fingerprint density at radius 2 is 1.74 bits per heavy atom. The fourth-order valence-corrected chi connectivity index (χ4v) is 4.42. The lowest BCUT2D eigenvalue weighted by Gasteiger charge is -2.20. The molecule has 1 atom stereocenters. The third kappa shape index (κ3) is 3.65. The average molecular weight is 455 g/mol. The van der Waals surface area contributed by atoms with Crippen LogP contribution in [0.1, 0.15) is 32.7 Å². The van der Waals surface area contributed by atoms with Gasteiger partial charge in [0.05, 0.1) is 11.4 Å². The molecule has 1 aliphatic heterocycles. The van der Waals surface area contributed by atoms with Gasteiger partial charge in [0.1, 0.15) is 11.5 Å². The molecular formula is C27H23FN4O2. The molecule has 0 bridgehead atoms. The second kappa shape index (κ2) is 8.26. The summed E-state index contributed by atoms with van der Waals surface area (Å²) in [7, 11) is 1.62. The van der Waals surface area contributed by atoms with Gasteiger partial charge in [0.2, 0.25) is 6.17 Å². The number of para-hydroxylation sites is 1. The van der Waals surface area contributed by atoms with Crippen LogP contribution in [0.25, 0.3) is 10.9 Å². The van der Waals surface area contributed by atoms with E-state index in [4.69, 9.17) is 0 Å². The molecule has 0 fully saturated rings. The molecule has 0 saturated heterocycles. The molecule has 170 valence electrons. The van der Waals surface area contributed by atoms with Crippen LogP contribution in [-0.2, 0) is 4.79 Å². The van der Waals surface area contributed by atoms with E-state index in [1.54, 1.807) is 55.6 Å². The molecule has 5 rings (SSSR count). The number of amides is 2. The number of benzene rings is 3. The molecule has 0 saturated carbocycles. The predicted molar refractivity (Wildman–Crippen MR) is 131 cm³/mol. The number of fused-ring (bicyclic) bond motifs is 2. The highest BCUT2D eigenvalue weighted by molar-refractivity contribution is 6.20. The minimum atomic E-state index is -1.23. The van der Waals surface area contributed by atoms with Crippen LogP contribution in [0.3, 0.4) is 0 Å². The van der Waals surface area contributed by atoms with Crippen LogP contribution in [0.4, 0.5) is 10.1 Å². The number of carbonyl (C=O) groups excluding carboxylic acids is 2. The molecular weight excluding hydrogens is 431 g/mol. The van der Waals surface area contributed by atoms with E-state index in [-0.39, 0.29) is 5.56 Å². The van der Waals surface area contributed by atoms with Gasteiger partial charge in [0.25, 0.3) is 11.8 Å². The highest BCUT2D eigenvalue weighted by Gasteiger charge is 2.32. The topological polar surface area (TPSA) is 77.6 Å². The van der Waals surface area contributed by atoms with Crippen LogP contribution in [0.5, 0.6) is 0 Å². The number of aromatic nitrogens is 1. The first-order valence-corrected chi connectivity index (χ1v) is 10.9. The Hall–Kier alpha value is -4.26. The van der Waals surface area contributed by atoms with Gasteiger partial charge in [-0.25, -0.2) is 9.38 Å². The third-order valence-corrected chi connectivity index (χ3v) is 6.05. The Kier molecular flexibility index (Phi) is 5.24. The molecule has 6 nitrogen and oxygen atoms in total. The third-order valence-electron chi connectivity index (χ3n) is 6.05. The van der Waals surface area contributed by atoms with E-state index < -0.39 is 23.8 Å². The summed E-state index contributed by atoms with van der Waals surface area (Å²) in [6.07, 6.45) is -1.23. The minimum absolute atomic E-state index is 0.258. The number of halogens is 1. The van der Waals surface area contributed by atoms with Gasteiger partial charge in [0, 0.05) is 29.1 Å². The highest BCUT2D eigenvalue weighted by Crippen LogP contribution is 2.28. The molecule has 1 aromatic heterocycles. The summed E-state index contributed by atoms with van der Waals surface area (Å²) >= 11 is 0. The fraction of sp³-hybridized carbons (Fsp3) is 0.148. The van der Waals surface area contributed by atoms with Crippen LogP contribution in [0.15, 0.2) is 71.7 Å². The number of hydrogen-bond acceptors (Lipinski definition) is 3. The van der Waals surface area contributed by atoms with Gasteiger partial charge < -0.3 is 15.2 Å². The van der Waals surface area contributed by atoms with Crippen molar-refractivity contribution in [3.63, 3.8) is 0 Å². The van der Waals surface area contributed by atoms with E-state index in [0.29, 0.717) is 22.7 Å². The zero-order valence-corrected chi connectivity index (χ0v) is 19.0. The summed E-state index contributed by atoms with van der Waals surface area (Å²) in [6.45, 7) is 3.97. The number of aliphatic imine (C=N–C) groups is 1. The van der Waals surface area contributed by atoms with E-state index in [1.165, 1.54) is 11.0 Å². The van der Waals surface area contributed by atoms with Crippen LogP contribution in [0, 0.1) is 19.7 Å². The smallest absolute Gasteiger partial charge is 0.272 e. The molecule has 0 radical (unpaired) electrons. The predicted octanol–water partition coefficient (Wildman–Crippen LogP) is 4.49. The number of H-pyrrole nitrogens is 1.